The zero-order valence-electron chi connectivity index (χ0n) is 16.2. The van der Waals surface area contributed by atoms with E-state index in [0.29, 0.717) is 11.3 Å². The van der Waals surface area contributed by atoms with Gasteiger partial charge in [-0.3, -0.25) is 4.79 Å². The second kappa shape index (κ2) is 8.42. The van der Waals surface area contributed by atoms with Crippen LogP contribution in [0.1, 0.15) is 23.6 Å². The minimum Gasteiger partial charge on any atom is -0.354 e. The highest BCUT2D eigenvalue weighted by atomic mass is 32.2. The van der Waals surface area contributed by atoms with Gasteiger partial charge < -0.3 is 10.3 Å². The first-order valence-corrected chi connectivity index (χ1v) is 10.7. The molecule has 0 aliphatic heterocycles. The normalized spacial score (nSPS) is 10.9. The van der Waals surface area contributed by atoms with Crippen LogP contribution in [0.4, 0.5) is 5.69 Å². The van der Waals surface area contributed by atoms with Gasteiger partial charge in [0, 0.05) is 33.2 Å². The SMILES string of the molecule is CCc1cccc2c1[nH]c1cc(NC(=O)CSCc3ccc(C#N)cc3)ccc12. The third kappa shape index (κ3) is 4.13. The van der Waals surface area contributed by atoms with Crippen LogP contribution < -0.4 is 5.32 Å². The summed E-state index contributed by atoms with van der Waals surface area (Å²) in [5.41, 5.74) is 6.05. The van der Waals surface area contributed by atoms with E-state index in [9.17, 15) is 4.79 Å². The number of anilines is 1. The Morgan fingerprint density at radius 3 is 2.69 bits per heavy atom. The molecule has 0 aliphatic carbocycles. The number of nitrogens with zero attached hydrogens (tertiary/aromatic N) is 1. The molecule has 29 heavy (non-hydrogen) atoms. The number of carbonyl (C=O) groups excluding carboxylic acids is 1. The fourth-order valence-electron chi connectivity index (χ4n) is 3.50. The summed E-state index contributed by atoms with van der Waals surface area (Å²) in [6.45, 7) is 2.15. The number of carbonyl (C=O) groups is 1. The van der Waals surface area contributed by atoms with Crippen LogP contribution in [0.5, 0.6) is 0 Å². The maximum absolute atomic E-state index is 12.3. The van der Waals surface area contributed by atoms with Gasteiger partial charge >= 0.3 is 0 Å². The van der Waals surface area contributed by atoms with Gasteiger partial charge in [-0.15, -0.1) is 11.8 Å². The number of para-hydroxylation sites is 1. The number of aromatic amines is 1. The molecule has 0 saturated heterocycles. The number of rotatable bonds is 6. The summed E-state index contributed by atoms with van der Waals surface area (Å²) in [6.07, 6.45) is 0.976. The zero-order chi connectivity index (χ0) is 20.2. The maximum atomic E-state index is 12.3. The van der Waals surface area contributed by atoms with Gasteiger partial charge in [0.05, 0.1) is 17.4 Å². The Labute approximate surface area is 173 Å². The molecule has 0 spiro atoms. The van der Waals surface area contributed by atoms with E-state index in [1.54, 1.807) is 23.9 Å². The molecule has 0 radical (unpaired) electrons. The lowest BCUT2D eigenvalue weighted by Crippen LogP contribution is -2.14. The lowest BCUT2D eigenvalue weighted by molar-refractivity contribution is -0.113. The zero-order valence-corrected chi connectivity index (χ0v) is 17.0. The maximum Gasteiger partial charge on any atom is 0.234 e. The molecule has 1 heterocycles. The van der Waals surface area contributed by atoms with Crippen LogP contribution in [0, 0.1) is 11.3 Å². The molecule has 0 fully saturated rings. The Kier molecular flexibility index (Phi) is 5.55. The summed E-state index contributed by atoms with van der Waals surface area (Å²) in [4.78, 5) is 15.8. The largest absolute Gasteiger partial charge is 0.354 e. The highest BCUT2D eigenvalue weighted by molar-refractivity contribution is 7.99. The molecule has 3 aromatic carbocycles. The minimum atomic E-state index is -0.0200. The highest BCUT2D eigenvalue weighted by Gasteiger charge is 2.09. The summed E-state index contributed by atoms with van der Waals surface area (Å²) in [5, 5.41) is 14.2. The summed E-state index contributed by atoms with van der Waals surface area (Å²) in [5.74, 6) is 1.10. The molecule has 0 saturated carbocycles. The van der Waals surface area contributed by atoms with Crippen molar-refractivity contribution < 1.29 is 4.79 Å². The molecule has 1 aromatic heterocycles. The van der Waals surface area contributed by atoms with Gasteiger partial charge in [0.1, 0.15) is 0 Å². The predicted octanol–water partition coefficient (Wildman–Crippen LogP) is 5.63. The molecular formula is C24H21N3OS. The molecule has 4 rings (SSSR count). The van der Waals surface area contributed by atoms with Crippen LogP contribution in [0.15, 0.2) is 60.7 Å². The van der Waals surface area contributed by atoms with Crippen LogP contribution in [-0.2, 0) is 17.0 Å². The van der Waals surface area contributed by atoms with Gasteiger partial charge in [0.15, 0.2) is 0 Å². The number of amides is 1. The van der Waals surface area contributed by atoms with E-state index in [1.165, 1.54) is 21.9 Å². The average Bonchev–Trinajstić information content (AvgIpc) is 3.12. The van der Waals surface area contributed by atoms with Crippen molar-refractivity contribution in [3.8, 4) is 6.07 Å². The van der Waals surface area contributed by atoms with Crippen molar-refractivity contribution in [2.75, 3.05) is 11.1 Å². The van der Waals surface area contributed by atoms with Crippen molar-refractivity contribution in [1.82, 2.24) is 4.98 Å². The fourth-order valence-corrected chi connectivity index (χ4v) is 4.28. The van der Waals surface area contributed by atoms with Gasteiger partial charge in [-0.2, -0.15) is 5.26 Å². The Morgan fingerprint density at radius 2 is 1.93 bits per heavy atom. The monoisotopic (exact) mass is 399 g/mol. The van der Waals surface area contributed by atoms with Crippen LogP contribution in [0.2, 0.25) is 0 Å². The smallest absolute Gasteiger partial charge is 0.234 e. The van der Waals surface area contributed by atoms with Gasteiger partial charge in [-0.1, -0.05) is 43.3 Å². The Balaban J connectivity index is 1.41. The molecule has 2 N–H and O–H groups in total. The van der Waals surface area contributed by atoms with E-state index in [4.69, 9.17) is 5.26 Å². The van der Waals surface area contributed by atoms with E-state index in [-0.39, 0.29) is 5.91 Å². The van der Waals surface area contributed by atoms with Gasteiger partial charge in [-0.25, -0.2) is 0 Å². The molecule has 5 heteroatoms. The second-order valence-electron chi connectivity index (χ2n) is 6.93. The van der Waals surface area contributed by atoms with Gasteiger partial charge in [-0.05, 0) is 41.8 Å². The number of nitrogens with one attached hydrogen (secondary N) is 2. The predicted molar refractivity (Wildman–Crippen MR) is 121 cm³/mol. The molecule has 4 nitrogen and oxygen atoms in total. The summed E-state index contributed by atoms with van der Waals surface area (Å²) < 4.78 is 0. The third-order valence-corrected chi connectivity index (χ3v) is 5.97. The molecule has 1 amide bonds. The number of aromatic nitrogens is 1. The summed E-state index contributed by atoms with van der Waals surface area (Å²) >= 11 is 1.56. The second-order valence-corrected chi connectivity index (χ2v) is 7.91. The molecule has 0 unspecified atom stereocenters. The van der Waals surface area contributed by atoms with Crippen LogP contribution in [-0.4, -0.2) is 16.6 Å². The molecule has 0 atom stereocenters. The molecular weight excluding hydrogens is 378 g/mol. The van der Waals surface area contributed by atoms with E-state index in [0.717, 1.165) is 28.9 Å². The molecule has 0 bridgehead atoms. The number of benzene rings is 3. The lowest BCUT2D eigenvalue weighted by Gasteiger charge is -2.06. The van der Waals surface area contributed by atoms with Crippen molar-refractivity contribution in [1.29, 1.82) is 5.26 Å². The molecule has 0 aliphatic rings. The van der Waals surface area contributed by atoms with E-state index < -0.39 is 0 Å². The fraction of sp³-hybridized carbons (Fsp3) is 0.167. The lowest BCUT2D eigenvalue weighted by atomic mass is 10.1. The van der Waals surface area contributed by atoms with Crippen LogP contribution in [0.25, 0.3) is 21.8 Å². The number of aryl methyl sites for hydroxylation is 1. The van der Waals surface area contributed by atoms with Crippen molar-refractivity contribution in [2.45, 2.75) is 19.1 Å². The number of fused-ring (bicyclic) bond motifs is 3. The first kappa shape index (κ1) is 19.1. The van der Waals surface area contributed by atoms with E-state index >= 15 is 0 Å². The quantitative estimate of drug-likeness (QED) is 0.442. The first-order valence-electron chi connectivity index (χ1n) is 9.58. The standard InChI is InChI=1S/C24H21N3OS/c1-2-18-4-3-5-21-20-11-10-19(12-22(20)27-24(18)21)26-23(28)15-29-14-17-8-6-16(13-25)7-9-17/h3-12,27H,2,14-15H2,1H3,(H,26,28). The van der Waals surface area contributed by atoms with Crippen molar-refractivity contribution in [3.63, 3.8) is 0 Å². The number of thioether (sulfide) groups is 1. The topological polar surface area (TPSA) is 68.7 Å². The number of hydrogen-bond donors (Lipinski definition) is 2. The Morgan fingerprint density at radius 1 is 1.10 bits per heavy atom. The van der Waals surface area contributed by atoms with Gasteiger partial charge in [0.25, 0.3) is 0 Å². The Hall–Kier alpha value is -3.23. The van der Waals surface area contributed by atoms with Crippen LogP contribution in [0.3, 0.4) is 0 Å². The number of nitriles is 1. The number of H-pyrrole nitrogens is 1. The van der Waals surface area contributed by atoms with E-state index in [1.807, 2.05) is 24.3 Å². The Bertz CT molecular complexity index is 1220. The van der Waals surface area contributed by atoms with Crippen molar-refractivity contribution in [2.24, 2.45) is 0 Å². The third-order valence-electron chi connectivity index (χ3n) is 4.97. The van der Waals surface area contributed by atoms with Gasteiger partial charge in [0.2, 0.25) is 5.91 Å². The first-order chi connectivity index (χ1) is 14.2. The summed E-state index contributed by atoms with van der Waals surface area (Å²) in [7, 11) is 0. The molecule has 144 valence electrons. The average molecular weight is 400 g/mol. The minimum absolute atomic E-state index is 0.0200. The summed E-state index contributed by atoms with van der Waals surface area (Å²) in [6, 6.07) is 22.0. The van der Waals surface area contributed by atoms with Crippen LogP contribution >= 0.6 is 11.8 Å². The molecule has 4 aromatic rings. The van der Waals surface area contributed by atoms with E-state index in [2.05, 4.69) is 47.6 Å². The number of hydrogen-bond acceptors (Lipinski definition) is 3. The van der Waals surface area contributed by atoms with Crippen molar-refractivity contribution >= 4 is 45.2 Å². The highest BCUT2D eigenvalue weighted by Crippen LogP contribution is 2.29. The van der Waals surface area contributed by atoms with Crippen molar-refractivity contribution in [3.05, 3.63) is 77.4 Å².